The lowest BCUT2D eigenvalue weighted by Crippen LogP contribution is -2.40. The van der Waals surface area contributed by atoms with Crippen LogP contribution < -0.4 is 21.1 Å². The molecule has 7 heteroatoms. The number of nitrogens with two attached hydrogens (primary N) is 1. The summed E-state index contributed by atoms with van der Waals surface area (Å²) in [5.41, 5.74) is 8.78. The van der Waals surface area contributed by atoms with Crippen LogP contribution in [0.15, 0.2) is 42.6 Å². The molecule has 1 aliphatic rings. The summed E-state index contributed by atoms with van der Waals surface area (Å²) in [7, 11) is 1.65. The number of carbonyl (C=O) groups is 1. The fourth-order valence-electron chi connectivity index (χ4n) is 4.20. The number of nitrogens with zero attached hydrogens (tertiary/aromatic N) is 2. The second kappa shape index (κ2) is 8.82. The first-order valence-corrected chi connectivity index (χ1v) is 11.3. The van der Waals surface area contributed by atoms with Crippen molar-refractivity contribution in [1.82, 2.24) is 14.7 Å². The number of ether oxygens (including phenoxy) is 1. The fourth-order valence-corrected chi connectivity index (χ4v) is 4.20. The van der Waals surface area contributed by atoms with Gasteiger partial charge in [-0.05, 0) is 82.9 Å². The van der Waals surface area contributed by atoms with Crippen molar-refractivity contribution < 1.29 is 9.53 Å². The molecule has 1 fully saturated rings. The molecule has 0 aliphatic heterocycles. The predicted octanol–water partition coefficient (Wildman–Crippen LogP) is 4.22. The van der Waals surface area contributed by atoms with E-state index < -0.39 is 0 Å². The van der Waals surface area contributed by atoms with Gasteiger partial charge in [0.1, 0.15) is 17.3 Å². The molecule has 2 aromatic heterocycles. The van der Waals surface area contributed by atoms with Crippen LogP contribution in [0, 0.1) is 0 Å². The number of amides is 1. The van der Waals surface area contributed by atoms with Crippen molar-refractivity contribution in [1.29, 1.82) is 0 Å². The van der Waals surface area contributed by atoms with E-state index in [1.54, 1.807) is 7.11 Å². The Kier molecular flexibility index (Phi) is 6.11. The Morgan fingerprint density at radius 1 is 1.12 bits per heavy atom. The first kappa shape index (κ1) is 22.1. The van der Waals surface area contributed by atoms with E-state index in [0.717, 1.165) is 48.5 Å². The molecule has 0 atom stereocenters. The van der Waals surface area contributed by atoms with E-state index in [1.807, 2.05) is 47.0 Å². The highest BCUT2D eigenvalue weighted by atomic mass is 16.5. The zero-order valence-corrected chi connectivity index (χ0v) is 19.3. The average molecular weight is 436 g/mol. The Morgan fingerprint density at radius 2 is 1.81 bits per heavy atom. The molecule has 32 heavy (non-hydrogen) atoms. The molecule has 2 heterocycles. The quantitative estimate of drug-likeness (QED) is 0.558. The Hall–Kier alpha value is -3.06. The summed E-state index contributed by atoms with van der Waals surface area (Å²) in [6.45, 7) is 6.32. The highest BCUT2D eigenvalue weighted by Crippen LogP contribution is 2.33. The van der Waals surface area contributed by atoms with Crippen LogP contribution in [0.25, 0.3) is 16.9 Å². The number of imidazole rings is 1. The van der Waals surface area contributed by atoms with Gasteiger partial charge >= 0.3 is 0 Å². The molecule has 0 saturated heterocycles. The van der Waals surface area contributed by atoms with Crippen LogP contribution in [-0.4, -0.2) is 40.0 Å². The van der Waals surface area contributed by atoms with Crippen LogP contribution in [0.5, 0.6) is 5.75 Å². The van der Waals surface area contributed by atoms with Crippen LogP contribution in [-0.2, 0) is 0 Å². The molecule has 1 amide bonds. The number of rotatable bonds is 5. The molecule has 4 N–H and O–H groups in total. The number of aromatic nitrogens is 2. The molecule has 0 unspecified atom stereocenters. The summed E-state index contributed by atoms with van der Waals surface area (Å²) in [4.78, 5) is 18.1. The van der Waals surface area contributed by atoms with E-state index in [4.69, 9.17) is 15.5 Å². The Balaban J connectivity index is 1.74. The molecule has 1 saturated carbocycles. The number of anilines is 1. The SMILES string of the molecule is COc1ccc(-c2nc3c(C(=O)NC4CCC(N)CC4)cccn3c2NC(C)(C)C)cc1. The summed E-state index contributed by atoms with van der Waals surface area (Å²) in [5.74, 6) is 1.55. The lowest BCUT2D eigenvalue weighted by molar-refractivity contribution is 0.0927. The minimum atomic E-state index is -0.184. The van der Waals surface area contributed by atoms with Crippen LogP contribution in [0.3, 0.4) is 0 Å². The van der Waals surface area contributed by atoms with Crippen LogP contribution >= 0.6 is 0 Å². The second-order valence-corrected chi connectivity index (χ2v) is 9.61. The molecule has 170 valence electrons. The van der Waals surface area contributed by atoms with E-state index in [2.05, 4.69) is 31.4 Å². The van der Waals surface area contributed by atoms with Gasteiger partial charge in [0, 0.05) is 29.4 Å². The van der Waals surface area contributed by atoms with Crippen molar-refractivity contribution >= 4 is 17.4 Å². The number of benzene rings is 1. The lowest BCUT2D eigenvalue weighted by atomic mass is 9.91. The van der Waals surface area contributed by atoms with Crippen LogP contribution in [0.1, 0.15) is 56.8 Å². The lowest BCUT2D eigenvalue weighted by Gasteiger charge is -2.26. The van der Waals surface area contributed by atoms with Crippen molar-refractivity contribution in [3.05, 3.63) is 48.2 Å². The van der Waals surface area contributed by atoms with Crippen LogP contribution in [0.2, 0.25) is 0 Å². The van der Waals surface area contributed by atoms with Gasteiger partial charge in [-0.25, -0.2) is 4.98 Å². The number of hydrogen-bond acceptors (Lipinski definition) is 5. The van der Waals surface area contributed by atoms with Gasteiger partial charge in [-0.3, -0.25) is 9.20 Å². The van der Waals surface area contributed by atoms with E-state index in [-0.39, 0.29) is 23.5 Å². The fraction of sp³-hybridized carbons (Fsp3) is 0.440. The summed E-state index contributed by atoms with van der Waals surface area (Å²) >= 11 is 0. The molecular formula is C25H33N5O2. The van der Waals surface area contributed by atoms with Gasteiger partial charge < -0.3 is 21.1 Å². The first-order chi connectivity index (χ1) is 15.2. The van der Waals surface area contributed by atoms with Gasteiger partial charge in [-0.15, -0.1) is 0 Å². The maximum atomic E-state index is 13.2. The maximum Gasteiger partial charge on any atom is 0.255 e. The number of hydrogen-bond donors (Lipinski definition) is 3. The predicted molar refractivity (Wildman–Crippen MR) is 128 cm³/mol. The van der Waals surface area contributed by atoms with E-state index >= 15 is 0 Å². The zero-order chi connectivity index (χ0) is 22.9. The monoisotopic (exact) mass is 435 g/mol. The number of nitrogens with one attached hydrogen (secondary N) is 2. The molecule has 3 aromatic rings. The highest BCUT2D eigenvalue weighted by molar-refractivity contribution is 6.01. The summed E-state index contributed by atoms with van der Waals surface area (Å²) in [5, 5.41) is 6.77. The minimum absolute atomic E-state index is 0.0929. The molecule has 0 spiro atoms. The average Bonchev–Trinajstić information content (AvgIpc) is 3.12. The van der Waals surface area contributed by atoms with Gasteiger partial charge in [-0.1, -0.05) is 0 Å². The normalized spacial score (nSPS) is 19.0. The topological polar surface area (TPSA) is 93.7 Å². The second-order valence-electron chi connectivity index (χ2n) is 9.61. The van der Waals surface area contributed by atoms with Gasteiger partial charge in [0.05, 0.1) is 12.7 Å². The first-order valence-electron chi connectivity index (χ1n) is 11.3. The molecule has 1 aliphatic carbocycles. The van der Waals surface area contributed by atoms with Crippen molar-refractivity contribution in [2.24, 2.45) is 5.73 Å². The van der Waals surface area contributed by atoms with Crippen molar-refractivity contribution in [2.75, 3.05) is 12.4 Å². The Bertz CT molecular complexity index is 1090. The molecule has 1 aromatic carbocycles. The molecular weight excluding hydrogens is 402 g/mol. The molecule has 4 rings (SSSR count). The number of methoxy groups -OCH3 is 1. The van der Waals surface area contributed by atoms with Gasteiger partial charge in [-0.2, -0.15) is 0 Å². The van der Waals surface area contributed by atoms with Crippen molar-refractivity contribution in [3.63, 3.8) is 0 Å². The maximum absolute atomic E-state index is 13.2. The van der Waals surface area contributed by atoms with E-state index in [1.165, 1.54) is 0 Å². The highest BCUT2D eigenvalue weighted by Gasteiger charge is 2.25. The van der Waals surface area contributed by atoms with E-state index in [0.29, 0.717) is 11.2 Å². The van der Waals surface area contributed by atoms with Crippen molar-refractivity contribution in [3.8, 4) is 17.0 Å². The Morgan fingerprint density at radius 3 is 2.44 bits per heavy atom. The zero-order valence-electron chi connectivity index (χ0n) is 19.3. The largest absolute Gasteiger partial charge is 0.497 e. The molecule has 0 bridgehead atoms. The number of pyridine rings is 1. The smallest absolute Gasteiger partial charge is 0.255 e. The third kappa shape index (κ3) is 4.72. The summed E-state index contributed by atoms with van der Waals surface area (Å²) in [6.07, 6.45) is 5.66. The van der Waals surface area contributed by atoms with Gasteiger partial charge in [0.25, 0.3) is 5.91 Å². The summed E-state index contributed by atoms with van der Waals surface area (Å²) < 4.78 is 7.27. The van der Waals surface area contributed by atoms with Crippen molar-refractivity contribution in [2.45, 2.75) is 64.1 Å². The van der Waals surface area contributed by atoms with E-state index in [9.17, 15) is 4.79 Å². The third-order valence-corrected chi connectivity index (χ3v) is 5.86. The summed E-state index contributed by atoms with van der Waals surface area (Å²) in [6, 6.07) is 11.9. The molecule has 7 nitrogen and oxygen atoms in total. The number of carbonyl (C=O) groups excluding carboxylic acids is 1. The van der Waals surface area contributed by atoms with Crippen LogP contribution in [0.4, 0.5) is 5.82 Å². The standard InChI is InChI=1S/C25H33N5O2/c1-25(2,3)29-23-21(16-7-13-19(32-4)14-8-16)28-22-20(6-5-15-30(22)23)24(31)27-18-11-9-17(26)10-12-18/h5-8,13-15,17-18,29H,9-12,26H2,1-4H3,(H,27,31). The third-order valence-electron chi connectivity index (χ3n) is 5.86. The molecule has 0 radical (unpaired) electrons. The van der Waals surface area contributed by atoms with Gasteiger partial charge in [0.15, 0.2) is 5.65 Å². The Labute approximate surface area is 189 Å². The minimum Gasteiger partial charge on any atom is -0.497 e. The van der Waals surface area contributed by atoms with Gasteiger partial charge in [0.2, 0.25) is 0 Å². The number of fused-ring (bicyclic) bond motifs is 1.